The van der Waals surface area contributed by atoms with E-state index in [1.54, 1.807) is 25.1 Å². The Balaban J connectivity index is 2.64. The zero-order valence-electron chi connectivity index (χ0n) is 11.2. The van der Waals surface area contributed by atoms with Crippen LogP contribution in [-0.4, -0.2) is 32.8 Å². The SMILES string of the molecule is CCS(=O)(=O)CCCC(=O)c1ccc(OC)cc1N. The Morgan fingerprint density at radius 1 is 1.37 bits per heavy atom. The highest BCUT2D eigenvalue weighted by molar-refractivity contribution is 7.91. The van der Waals surface area contributed by atoms with Crippen LogP contribution in [0.5, 0.6) is 5.75 Å². The zero-order chi connectivity index (χ0) is 14.5. The van der Waals surface area contributed by atoms with Gasteiger partial charge in [-0.05, 0) is 18.6 Å². The Morgan fingerprint density at radius 2 is 2.05 bits per heavy atom. The molecule has 0 aliphatic carbocycles. The minimum absolute atomic E-state index is 0.0330. The lowest BCUT2D eigenvalue weighted by Gasteiger charge is -2.07. The molecule has 0 aliphatic rings. The molecule has 0 atom stereocenters. The molecule has 0 aromatic heterocycles. The molecule has 0 unspecified atom stereocenters. The Hall–Kier alpha value is -1.56. The van der Waals surface area contributed by atoms with Crippen molar-refractivity contribution in [3.05, 3.63) is 23.8 Å². The van der Waals surface area contributed by atoms with E-state index in [1.165, 1.54) is 7.11 Å². The maximum atomic E-state index is 11.9. The lowest BCUT2D eigenvalue weighted by Crippen LogP contribution is -2.11. The smallest absolute Gasteiger partial charge is 0.164 e. The van der Waals surface area contributed by atoms with Crippen molar-refractivity contribution in [1.29, 1.82) is 0 Å². The number of nitrogen functional groups attached to an aromatic ring is 1. The van der Waals surface area contributed by atoms with Crippen molar-refractivity contribution in [2.75, 3.05) is 24.3 Å². The van der Waals surface area contributed by atoms with Crippen LogP contribution in [0.4, 0.5) is 5.69 Å². The van der Waals surface area contributed by atoms with Gasteiger partial charge < -0.3 is 10.5 Å². The number of sulfone groups is 1. The number of rotatable bonds is 7. The van der Waals surface area contributed by atoms with Gasteiger partial charge in [-0.2, -0.15) is 0 Å². The number of ketones is 1. The van der Waals surface area contributed by atoms with E-state index in [9.17, 15) is 13.2 Å². The molecule has 0 saturated carbocycles. The number of nitrogens with two attached hydrogens (primary N) is 1. The van der Waals surface area contributed by atoms with Crippen LogP contribution in [0.2, 0.25) is 0 Å². The Bertz CT molecular complexity index is 552. The second kappa shape index (κ2) is 6.56. The summed E-state index contributed by atoms with van der Waals surface area (Å²) in [4.78, 5) is 11.9. The van der Waals surface area contributed by atoms with Crippen LogP contribution >= 0.6 is 0 Å². The first-order valence-electron chi connectivity index (χ1n) is 6.06. The van der Waals surface area contributed by atoms with Gasteiger partial charge >= 0.3 is 0 Å². The second-order valence-corrected chi connectivity index (χ2v) is 6.69. The minimum atomic E-state index is -3.02. The summed E-state index contributed by atoms with van der Waals surface area (Å²) in [5.74, 6) is 0.575. The molecule has 6 heteroatoms. The van der Waals surface area contributed by atoms with Crippen LogP contribution in [0.1, 0.15) is 30.1 Å². The lowest BCUT2D eigenvalue weighted by atomic mass is 10.0. The Labute approximate surface area is 113 Å². The maximum absolute atomic E-state index is 11.9. The number of carbonyl (C=O) groups is 1. The van der Waals surface area contributed by atoms with Crippen molar-refractivity contribution < 1.29 is 17.9 Å². The highest BCUT2D eigenvalue weighted by Gasteiger charge is 2.13. The van der Waals surface area contributed by atoms with Crippen LogP contribution in [0, 0.1) is 0 Å². The lowest BCUT2D eigenvalue weighted by molar-refractivity contribution is 0.0983. The summed E-state index contributed by atoms with van der Waals surface area (Å²) in [6, 6.07) is 4.84. The van der Waals surface area contributed by atoms with Gasteiger partial charge in [-0.1, -0.05) is 6.92 Å². The van der Waals surface area contributed by atoms with Crippen LogP contribution in [-0.2, 0) is 9.84 Å². The van der Waals surface area contributed by atoms with Crippen molar-refractivity contribution in [2.45, 2.75) is 19.8 Å². The van der Waals surface area contributed by atoms with Gasteiger partial charge in [0.15, 0.2) is 5.78 Å². The van der Waals surface area contributed by atoms with E-state index in [-0.39, 0.29) is 23.7 Å². The number of ether oxygens (including phenoxy) is 1. The number of anilines is 1. The molecule has 0 bridgehead atoms. The fraction of sp³-hybridized carbons (Fsp3) is 0.462. The molecule has 0 heterocycles. The quantitative estimate of drug-likeness (QED) is 0.608. The molecule has 0 amide bonds. The van der Waals surface area contributed by atoms with Crippen LogP contribution in [0.25, 0.3) is 0 Å². The molecule has 1 aromatic rings. The van der Waals surface area contributed by atoms with E-state index >= 15 is 0 Å². The molecule has 1 rings (SSSR count). The molecule has 106 valence electrons. The van der Waals surface area contributed by atoms with Crippen molar-refractivity contribution in [3.8, 4) is 5.75 Å². The molecular formula is C13H19NO4S. The number of benzene rings is 1. The fourth-order valence-electron chi connectivity index (χ4n) is 1.65. The van der Waals surface area contributed by atoms with Gasteiger partial charge in [0.2, 0.25) is 0 Å². The van der Waals surface area contributed by atoms with Gasteiger partial charge in [0.1, 0.15) is 15.6 Å². The van der Waals surface area contributed by atoms with Crippen molar-refractivity contribution in [1.82, 2.24) is 0 Å². The second-order valence-electron chi connectivity index (χ2n) is 4.22. The number of methoxy groups -OCH3 is 1. The average Bonchev–Trinajstić information content (AvgIpc) is 2.38. The van der Waals surface area contributed by atoms with Crippen LogP contribution in [0.3, 0.4) is 0 Å². The highest BCUT2D eigenvalue weighted by atomic mass is 32.2. The summed E-state index contributed by atoms with van der Waals surface area (Å²) in [6.07, 6.45) is 0.496. The average molecular weight is 285 g/mol. The predicted molar refractivity (Wildman–Crippen MR) is 75.3 cm³/mol. The van der Waals surface area contributed by atoms with Gasteiger partial charge in [-0.3, -0.25) is 4.79 Å². The zero-order valence-corrected chi connectivity index (χ0v) is 12.0. The van der Waals surface area contributed by atoms with Crippen molar-refractivity contribution in [2.24, 2.45) is 0 Å². The summed E-state index contributed by atoms with van der Waals surface area (Å²) in [7, 11) is -1.50. The highest BCUT2D eigenvalue weighted by Crippen LogP contribution is 2.21. The number of hydrogen-bond donors (Lipinski definition) is 1. The Morgan fingerprint density at radius 3 is 2.58 bits per heavy atom. The van der Waals surface area contributed by atoms with E-state index < -0.39 is 9.84 Å². The summed E-state index contributed by atoms with van der Waals surface area (Å²) >= 11 is 0. The van der Waals surface area contributed by atoms with Gasteiger partial charge in [-0.25, -0.2) is 8.42 Å². The third kappa shape index (κ3) is 4.55. The molecule has 19 heavy (non-hydrogen) atoms. The number of Topliss-reactive ketones (excluding diaryl/α,β-unsaturated/α-hetero) is 1. The molecule has 0 saturated heterocycles. The first-order valence-corrected chi connectivity index (χ1v) is 7.89. The van der Waals surface area contributed by atoms with Crippen molar-refractivity contribution in [3.63, 3.8) is 0 Å². The topological polar surface area (TPSA) is 86.5 Å². The van der Waals surface area contributed by atoms with E-state index in [0.717, 1.165) is 0 Å². The molecule has 0 radical (unpaired) electrons. The van der Waals surface area contributed by atoms with E-state index in [0.29, 0.717) is 23.4 Å². The largest absolute Gasteiger partial charge is 0.497 e. The van der Waals surface area contributed by atoms with Crippen molar-refractivity contribution >= 4 is 21.3 Å². The predicted octanol–water partition coefficient (Wildman–Crippen LogP) is 1.68. The minimum Gasteiger partial charge on any atom is -0.497 e. The molecule has 0 fully saturated rings. The first-order chi connectivity index (χ1) is 8.89. The van der Waals surface area contributed by atoms with Gasteiger partial charge in [0.05, 0.1) is 12.9 Å². The number of hydrogen-bond acceptors (Lipinski definition) is 5. The van der Waals surface area contributed by atoms with Gasteiger partial charge in [-0.15, -0.1) is 0 Å². The number of carbonyl (C=O) groups excluding carboxylic acids is 1. The molecule has 0 spiro atoms. The van der Waals surface area contributed by atoms with E-state index in [2.05, 4.69) is 0 Å². The summed E-state index contributed by atoms with van der Waals surface area (Å²) in [5.41, 5.74) is 6.52. The first kappa shape index (κ1) is 15.5. The Kier molecular flexibility index (Phi) is 5.35. The third-order valence-corrected chi connectivity index (χ3v) is 4.65. The van der Waals surface area contributed by atoms with Crippen LogP contribution in [0.15, 0.2) is 18.2 Å². The van der Waals surface area contributed by atoms with Gasteiger partial charge in [0.25, 0.3) is 0 Å². The third-order valence-electron chi connectivity index (χ3n) is 2.86. The van der Waals surface area contributed by atoms with Crippen LogP contribution < -0.4 is 10.5 Å². The standard InChI is InChI=1S/C13H19NO4S/c1-3-19(16,17)8-4-5-13(15)11-7-6-10(18-2)9-12(11)14/h6-7,9H,3-5,8,14H2,1-2H3. The normalized spacial score (nSPS) is 11.3. The summed E-state index contributed by atoms with van der Waals surface area (Å²) < 4.78 is 27.6. The molecular weight excluding hydrogens is 266 g/mol. The summed E-state index contributed by atoms with van der Waals surface area (Å²) in [6.45, 7) is 1.60. The fourth-order valence-corrected chi connectivity index (χ4v) is 2.53. The molecule has 1 aromatic carbocycles. The van der Waals surface area contributed by atoms with E-state index in [1.807, 2.05) is 0 Å². The molecule has 2 N–H and O–H groups in total. The monoisotopic (exact) mass is 285 g/mol. The molecule has 0 aliphatic heterocycles. The maximum Gasteiger partial charge on any atom is 0.164 e. The van der Waals surface area contributed by atoms with Gasteiger partial charge in [0, 0.05) is 29.5 Å². The van der Waals surface area contributed by atoms with E-state index in [4.69, 9.17) is 10.5 Å². The summed E-state index contributed by atoms with van der Waals surface area (Å²) in [5, 5.41) is 0. The molecule has 5 nitrogen and oxygen atoms in total.